The molecule has 8 nitrogen and oxygen atoms in total. The maximum atomic E-state index is 14.3. The SMILES string of the molecule is Cc1[nH]c2ccccc2c1[C@H]1[C@@H](CC(=O)N(Cc2cccnc2)C(C)(C)C(=O)Nc2ccc(N3CCOCC3)cc2)C1(C)C. The van der Waals surface area contributed by atoms with Crippen molar-refractivity contribution in [2.24, 2.45) is 11.3 Å². The predicted octanol–water partition coefficient (Wildman–Crippen LogP) is 6.28. The molecular formula is C36H43N5O3. The van der Waals surface area contributed by atoms with E-state index >= 15 is 0 Å². The number of amides is 2. The quantitative estimate of drug-likeness (QED) is 0.238. The fraction of sp³-hybridized carbons (Fsp3) is 0.417. The van der Waals surface area contributed by atoms with Crippen molar-refractivity contribution in [3.63, 3.8) is 0 Å². The van der Waals surface area contributed by atoms with Crippen LogP contribution in [-0.2, 0) is 20.9 Å². The zero-order chi connectivity index (χ0) is 31.1. The fourth-order valence-corrected chi connectivity index (χ4v) is 6.95. The maximum absolute atomic E-state index is 14.3. The number of hydrogen-bond donors (Lipinski definition) is 2. The first-order valence-electron chi connectivity index (χ1n) is 15.6. The number of fused-ring (bicyclic) bond motifs is 1. The van der Waals surface area contributed by atoms with E-state index in [-0.39, 0.29) is 29.1 Å². The van der Waals surface area contributed by atoms with Crippen LogP contribution in [0.2, 0.25) is 0 Å². The van der Waals surface area contributed by atoms with Crippen LogP contribution in [0.1, 0.15) is 56.9 Å². The number of aromatic amines is 1. The second-order valence-electron chi connectivity index (χ2n) is 13.3. The Morgan fingerprint density at radius 3 is 2.50 bits per heavy atom. The van der Waals surface area contributed by atoms with E-state index in [1.165, 1.54) is 10.9 Å². The molecule has 2 fully saturated rings. The minimum Gasteiger partial charge on any atom is -0.378 e. The summed E-state index contributed by atoms with van der Waals surface area (Å²) in [5.74, 6) is 0.156. The lowest BCUT2D eigenvalue weighted by molar-refractivity contribution is -0.145. The smallest absolute Gasteiger partial charge is 0.249 e. The number of aromatic nitrogens is 2. The monoisotopic (exact) mass is 593 g/mol. The summed E-state index contributed by atoms with van der Waals surface area (Å²) < 4.78 is 5.47. The minimum absolute atomic E-state index is 0.0327. The Bertz CT molecular complexity index is 1640. The van der Waals surface area contributed by atoms with Crippen molar-refractivity contribution in [2.75, 3.05) is 36.5 Å². The number of nitrogens with one attached hydrogen (secondary N) is 2. The van der Waals surface area contributed by atoms with Gasteiger partial charge in [0.05, 0.1) is 13.2 Å². The van der Waals surface area contributed by atoms with Gasteiger partial charge in [0.1, 0.15) is 5.54 Å². The molecule has 2 aromatic heterocycles. The van der Waals surface area contributed by atoms with Crippen LogP contribution in [0, 0.1) is 18.3 Å². The van der Waals surface area contributed by atoms with Gasteiger partial charge in [0.25, 0.3) is 0 Å². The van der Waals surface area contributed by atoms with Crippen molar-refractivity contribution < 1.29 is 14.3 Å². The molecule has 4 aromatic rings. The van der Waals surface area contributed by atoms with Gasteiger partial charge >= 0.3 is 0 Å². The van der Waals surface area contributed by atoms with E-state index in [1.54, 1.807) is 17.3 Å². The molecule has 0 spiro atoms. The Morgan fingerprint density at radius 1 is 1.07 bits per heavy atom. The molecule has 44 heavy (non-hydrogen) atoms. The summed E-state index contributed by atoms with van der Waals surface area (Å²) >= 11 is 0. The Hall–Kier alpha value is -4.17. The van der Waals surface area contributed by atoms with E-state index in [9.17, 15) is 9.59 Å². The molecule has 3 heterocycles. The summed E-state index contributed by atoms with van der Waals surface area (Å²) in [4.78, 5) is 40.0. The number of benzene rings is 2. The number of carbonyl (C=O) groups is 2. The number of aryl methyl sites for hydroxylation is 1. The molecule has 0 radical (unpaired) electrons. The molecule has 0 unspecified atom stereocenters. The molecular weight excluding hydrogens is 550 g/mol. The first-order chi connectivity index (χ1) is 21.1. The molecule has 2 aromatic carbocycles. The largest absolute Gasteiger partial charge is 0.378 e. The van der Waals surface area contributed by atoms with Crippen LogP contribution in [-0.4, -0.2) is 58.5 Å². The summed E-state index contributed by atoms with van der Waals surface area (Å²) in [5.41, 5.74) is 5.13. The summed E-state index contributed by atoms with van der Waals surface area (Å²) in [6, 6.07) is 20.1. The lowest BCUT2D eigenvalue weighted by Gasteiger charge is -2.37. The molecule has 6 rings (SSSR count). The third-order valence-electron chi connectivity index (χ3n) is 9.80. The van der Waals surface area contributed by atoms with E-state index < -0.39 is 5.54 Å². The lowest BCUT2D eigenvalue weighted by Crippen LogP contribution is -2.54. The number of rotatable bonds is 9. The predicted molar refractivity (Wildman–Crippen MR) is 175 cm³/mol. The highest BCUT2D eigenvalue weighted by Crippen LogP contribution is 2.67. The topological polar surface area (TPSA) is 90.6 Å². The highest BCUT2D eigenvalue weighted by molar-refractivity contribution is 6.00. The van der Waals surface area contributed by atoms with Crippen LogP contribution >= 0.6 is 0 Å². The summed E-state index contributed by atoms with van der Waals surface area (Å²) in [6.45, 7) is 13.7. The van der Waals surface area contributed by atoms with Gasteiger partial charge in [-0.15, -0.1) is 0 Å². The Balaban J connectivity index is 1.22. The highest BCUT2D eigenvalue weighted by atomic mass is 16.5. The number of nitrogens with zero attached hydrogens (tertiary/aromatic N) is 3. The Labute approximate surface area is 259 Å². The summed E-state index contributed by atoms with van der Waals surface area (Å²) in [6.07, 6.45) is 3.84. The molecule has 1 saturated carbocycles. The lowest BCUT2D eigenvalue weighted by atomic mass is 9.98. The number of ether oxygens (including phenoxy) is 1. The average Bonchev–Trinajstić information content (AvgIpc) is 3.37. The second kappa shape index (κ2) is 11.7. The van der Waals surface area contributed by atoms with Crippen LogP contribution < -0.4 is 10.2 Å². The molecule has 2 N–H and O–H groups in total. The number of pyridine rings is 1. The maximum Gasteiger partial charge on any atom is 0.249 e. The number of morpholine rings is 1. The van der Waals surface area contributed by atoms with Gasteiger partial charge in [-0.05, 0) is 85.5 Å². The summed E-state index contributed by atoms with van der Waals surface area (Å²) in [5, 5.41) is 4.31. The third-order valence-corrected chi connectivity index (χ3v) is 9.80. The van der Waals surface area contributed by atoms with Gasteiger partial charge in [0.15, 0.2) is 0 Å². The van der Waals surface area contributed by atoms with Gasteiger partial charge < -0.3 is 24.8 Å². The van der Waals surface area contributed by atoms with Crippen LogP contribution in [0.15, 0.2) is 73.1 Å². The number of hydrogen-bond acceptors (Lipinski definition) is 5. The Morgan fingerprint density at radius 2 is 1.80 bits per heavy atom. The molecule has 2 aliphatic rings. The fourth-order valence-electron chi connectivity index (χ4n) is 6.95. The van der Waals surface area contributed by atoms with Gasteiger partial charge in [-0.2, -0.15) is 0 Å². The van der Waals surface area contributed by atoms with Crippen molar-refractivity contribution in [3.05, 3.63) is 89.9 Å². The van der Waals surface area contributed by atoms with E-state index in [1.807, 2.05) is 56.3 Å². The van der Waals surface area contributed by atoms with Crippen LogP contribution in [0.4, 0.5) is 11.4 Å². The van der Waals surface area contributed by atoms with Gasteiger partial charge in [-0.3, -0.25) is 14.6 Å². The number of anilines is 2. The molecule has 8 heteroatoms. The third kappa shape index (κ3) is 5.71. The molecule has 2 amide bonds. The first-order valence-corrected chi connectivity index (χ1v) is 15.6. The van der Waals surface area contributed by atoms with Crippen LogP contribution in [0.25, 0.3) is 10.9 Å². The summed E-state index contributed by atoms with van der Waals surface area (Å²) in [7, 11) is 0. The minimum atomic E-state index is -1.11. The van der Waals surface area contributed by atoms with Crippen molar-refractivity contribution >= 4 is 34.1 Å². The van der Waals surface area contributed by atoms with E-state index in [0.717, 1.165) is 35.6 Å². The molecule has 0 bridgehead atoms. The first kappa shape index (κ1) is 29.9. The zero-order valence-electron chi connectivity index (χ0n) is 26.4. The number of H-pyrrole nitrogens is 1. The van der Waals surface area contributed by atoms with Crippen molar-refractivity contribution in [1.29, 1.82) is 0 Å². The van der Waals surface area contributed by atoms with E-state index in [4.69, 9.17) is 4.74 Å². The molecule has 1 saturated heterocycles. The van der Waals surface area contributed by atoms with Crippen LogP contribution in [0.5, 0.6) is 0 Å². The van der Waals surface area contributed by atoms with Crippen molar-refractivity contribution in [2.45, 2.75) is 59.0 Å². The molecule has 2 atom stereocenters. The van der Waals surface area contributed by atoms with Gasteiger partial charge in [0, 0.05) is 66.4 Å². The van der Waals surface area contributed by atoms with Crippen molar-refractivity contribution in [1.82, 2.24) is 14.9 Å². The highest BCUT2D eigenvalue weighted by Gasteiger charge is 2.60. The molecule has 1 aliphatic heterocycles. The average molecular weight is 594 g/mol. The van der Waals surface area contributed by atoms with Gasteiger partial charge in [-0.25, -0.2) is 0 Å². The zero-order valence-corrected chi connectivity index (χ0v) is 26.4. The number of para-hydroxylation sites is 1. The van der Waals surface area contributed by atoms with E-state index in [2.05, 4.69) is 59.2 Å². The van der Waals surface area contributed by atoms with E-state index in [0.29, 0.717) is 31.9 Å². The Kier molecular flexibility index (Phi) is 7.97. The van der Waals surface area contributed by atoms with Crippen molar-refractivity contribution in [3.8, 4) is 0 Å². The normalized spacial score (nSPS) is 19.5. The molecule has 230 valence electrons. The standard InChI is InChI=1S/C36H43N5O3/c1-24-32(28-10-6-7-11-30(28)38-24)33-29(35(33,2)3)21-31(42)41(23-25-9-8-16-37-22-25)36(4,5)34(43)39-26-12-14-27(15-13-26)40-17-19-44-20-18-40/h6-16,22,29,33,38H,17-21,23H2,1-5H3,(H,39,43)/t29-,33-/m1/s1. The molecule has 1 aliphatic carbocycles. The van der Waals surface area contributed by atoms with Crippen LogP contribution in [0.3, 0.4) is 0 Å². The number of carbonyl (C=O) groups excluding carboxylic acids is 2. The van der Waals surface area contributed by atoms with Gasteiger partial charge in [-0.1, -0.05) is 38.1 Å². The second-order valence-corrected chi connectivity index (χ2v) is 13.3. The van der Waals surface area contributed by atoms with Gasteiger partial charge in [0.2, 0.25) is 11.8 Å².